The van der Waals surface area contributed by atoms with Gasteiger partial charge in [0.15, 0.2) is 5.58 Å². The molecule has 4 nitrogen and oxygen atoms in total. The Bertz CT molecular complexity index is 4430. The molecule has 1 aliphatic rings. The van der Waals surface area contributed by atoms with Crippen LogP contribution in [0, 0.1) is 0 Å². The molecule has 4 aromatic heterocycles. The predicted molar refractivity (Wildman–Crippen MR) is 276 cm³/mol. The van der Waals surface area contributed by atoms with Gasteiger partial charge < -0.3 is 13.6 Å². The van der Waals surface area contributed by atoms with Gasteiger partial charge in [0.05, 0.1) is 27.8 Å². The third kappa shape index (κ3) is 4.65. The smallest absolute Gasteiger partial charge is 0.159 e. The maximum absolute atomic E-state index is 6.86. The second kappa shape index (κ2) is 12.8. The summed E-state index contributed by atoms with van der Waals surface area (Å²) >= 11 is 0. The summed E-state index contributed by atoms with van der Waals surface area (Å²) in [6.45, 7) is 4.81. The Hall–Kier alpha value is -8.47. The molecule has 14 aromatic rings. The molecule has 0 unspecified atom stereocenters. The van der Waals surface area contributed by atoms with Gasteiger partial charge >= 0.3 is 0 Å². The first-order valence-electron chi connectivity index (χ1n) is 22.9. The van der Waals surface area contributed by atoms with Crippen LogP contribution in [0.3, 0.4) is 0 Å². The minimum atomic E-state index is -0.249. The first-order chi connectivity index (χ1) is 32.5. The second-order valence-corrected chi connectivity index (χ2v) is 18.7. The van der Waals surface area contributed by atoms with Gasteiger partial charge in [0, 0.05) is 61.4 Å². The molecule has 0 spiro atoms. The predicted octanol–water partition coefficient (Wildman–Crippen LogP) is 16.6. The molecular weight excluding hydrogens is 803 g/mol. The van der Waals surface area contributed by atoms with Crippen molar-refractivity contribution in [3.63, 3.8) is 0 Å². The maximum atomic E-state index is 6.86. The highest BCUT2D eigenvalue weighted by molar-refractivity contribution is 6.27. The lowest BCUT2D eigenvalue weighted by Crippen LogP contribution is -2.15. The molecule has 0 saturated heterocycles. The minimum absolute atomic E-state index is 0.249. The van der Waals surface area contributed by atoms with Gasteiger partial charge in [-0.1, -0.05) is 135 Å². The SMILES string of the molecule is CC1(C)c2cc3c4ccccc4c4ccccc4c3cc2-c2c1ccc1c3cc(-c4ccc5c(c4)c4cnccc4n5-c4ccccc4)ccc3n(-c3cccc4c3oc3ccccc34)c21. The van der Waals surface area contributed by atoms with E-state index in [9.17, 15) is 0 Å². The van der Waals surface area contributed by atoms with Crippen molar-refractivity contribution in [1.29, 1.82) is 0 Å². The fraction of sp³-hybridized carbons (Fsp3) is 0.0484. The van der Waals surface area contributed by atoms with Crippen LogP contribution in [0.4, 0.5) is 0 Å². The van der Waals surface area contributed by atoms with Crippen LogP contribution in [-0.2, 0) is 5.41 Å². The zero-order chi connectivity index (χ0) is 43.4. The van der Waals surface area contributed by atoms with Crippen molar-refractivity contribution < 1.29 is 4.42 Å². The number of hydrogen-bond donors (Lipinski definition) is 0. The zero-order valence-corrected chi connectivity index (χ0v) is 36.3. The number of nitrogens with zero attached hydrogens (tertiary/aromatic N) is 3. The summed E-state index contributed by atoms with van der Waals surface area (Å²) in [6.07, 6.45) is 3.89. The van der Waals surface area contributed by atoms with Crippen LogP contribution < -0.4 is 0 Å². The van der Waals surface area contributed by atoms with E-state index in [4.69, 9.17) is 4.42 Å². The fourth-order valence-corrected chi connectivity index (χ4v) is 12.0. The lowest BCUT2D eigenvalue weighted by Gasteiger charge is -2.22. The van der Waals surface area contributed by atoms with E-state index in [-0.39, 0.29) is 5.41 Å². The molecule has 0 fully saturated rings. The van der Waals surface area contributed by atoms with Crippen LogP contribution in [0.15, 0.2) is 205 Å². The van der Waals surface area contributed by atoms with Crippen LogP contribution in [0.5, 0.6) is 0 Å². The number of fused-ring (bicyclic) bond motifs is 19. The van der Waals surface area contributed by atoms with Gasteiger partial charge in [0.2, 0.25) is 0 Å². The number of pyridine rings is 1. The molecule has 66 heavy (non-hydrogen) atoms. The Morgan fingerprint density at radius 1 is 0.424 bits per heavy atom. The number of hydrogen-bond acceptors (Lipinski definition) is 2. The van der Waals surface area contributed by atoms with Gasteiger partial charge in [-0.05, 0) is 127 Å². The molecule has 15 rings (SSSR count). The third-order valence-electron chi connectivity index (χ3n) is 15.0. The van der Waals surface area contributed by atoms with E-state index >= 15 is 0 Å². The molecule has 4 heteroatoms. The number of aromatic nitrogens is 3. The lowest BCUT2D eigenvalue weighted by atomic mass is 9.81. The Morgan fingerprint density at radius 3 is 1.77 bits per heavy atom. The quantitative estimate of drug-likeness (QED) is 0.166. The van der Waals surface area contributed by atoms with Gasteiger partial charge in [-0.2, -0.15) is 0 Å². The van der Waals surface area contributed by atoms with E-state index < -0.39 is 0 Å². The summed E-state index contributed by atoms with van der Waals surface area (Å²) in [5.74, 6) is 0. The van der Waals surface area contributed by atoms with E-state index in [1.807, 2.05) is 12.4 Å². The third-order valence-corrected chi connectivity index (χ3v) is 15.0. The largest absolute Gasteiger partial charge is 0.454 e. The molecule has 0 aliphatic heterocycles. The van der Waals surface area contributed by atoms with E-state index in [1.165, 1.54) is 87.4 Å². The highest BCUT2D eigenvalue weighted by Crippen LogP contribution is 2.55. The summed E-state index contributed by atoms with van der Waals surface area (Å²) in [6, 6.07) is 69.4. The van der Waals surface area contributed by atoms with Crippen molar-refractivity contribution in [2.24, 2.45) is 0 Å². The van der Waals surface area contributed by atoms with E-state index in [2.05, 4.69) is 216 Å². The standard InChI is InChI=1S/C62H39N3O/c1-62(2)52-26-25-44-48-31-36(37-23-27-54-49(32-37)51-35-63-30-29-56(51)64(54)38-13-4-3-5-14-38)24-28-55(48)65(57-21-12-20-45-43-19-10-11-22-58(43)66-61(45)57)60(44)59(52)50-33-46-41-17-8-6-15-39(41)40-16-7-9-18-42(40)47(46)34-53(50)62/h3-35H,1-2H3. The van der Waals surface area contributed by atoms with Gasteiger partial charge in [-0.25, -0.2) is 0 Å². The van der Waals surface area contributed by atoms with Crippen molar-refractivity contribution in [1.82, 2.24) is 14.1 Å². The first-order valence-corrected chi connectivity index (χ1v) is 22.9. The molecule has 308 valence electrons. The molecule has 0 amide bonds. The van der Waals surface area contributed by atoms with Crippen molar-refractivity contribution in [3.05, 3.63) is 212 Å². The highest BCUT2D eigenvalue weighted by atomic mass is 16.3. The number of furan rings is 1. The number of para-hydroxylation sites is 3. The van der Waals surface area contributed by atoms with Gasteiger partial charge in [-0.15, -0.1) is 0 Å². The van der Waals surface area contributed by atoms with Crippen LogP contribution in [0.1, 0.15) is 25.0 Å². The molecule has 0 radical (unpaired) electrons. The number of rotatable bonds is 3. The second-order valence-electron chi connectivity index (χ2n) is 18.7. The summed E-state index contributed by atoms with van der Waals surface area (Å²) in [7, 11) is 0. The van der Waals surface area contributed by atoms with Crippen LogP contribution in [0.2, 0.25) is 0 Å². The molecule has 0 bridgehead atoms. The van der Waals surface area contributed by atoms with Crippen LogP contribution in [0.25, 0.3) is 131 Å². The van der Waals surface area contributed by atoms with Gasteiger partial charge in [0.1, 0.15) is 5.58 Å². The Balaban J connectivity index is 1.04. The van der Waals surface area contributed by atoms with Gasteiger partial charge in [0.25, 0.3) is 0 Å². The topological polar surface area (TPSA) is 35.9 Å². The first kappa shape index (κ1) is 35.9. The molecular formula is C62H39N3O. The zero-order valence-electron chi connectivity index (χ0n) is 36.3. The summed E-state index contributed by atoms with van der Waals surface area (Å²) < 4.78 is 11.7. The van der Waals surface area contributed by atoms with Crippen molar-refractivity contribution in [2.75, 3.05) is 0 Å². The molecule has 0 atom stereocenters. The average molecular weight is 842 g/mol. The van der Waals surface area contributed by atoms with Crippen LogP contribution in [-0.4, -0.2) is 14.1 Å². The van der Waals surface area contributed by atoms with Gasteiger partial charge in [-0.3, -0.25) is 4.98 Å². The Labute approximate surface area is 379 Å². The monoisotopic (exact) mass is 841 g/mol. The maximum Gasteiger partial charge on any atom is 0.159 e. The number of benzene rings is 10. The molecule has 0 saturated carbocycles. The molecule has 4 heterocycles. The Kier molecular flexibility index (Phi) is 6.99. The van der Waals surface area contributed by atoms with Crippen LogP contribution >= 0.6 is 0 Å². The van der Waals surface area contributed by atoms with Crippen molar-refractivity contribution in [3.8, 4) is 33.6 Å². The van der Waals surface area contributed by atoms with E-state index in [1.54, 1.807) is 0 Å². The summed E-state index contributed by atoms with van der Waals surface area (Å²) in [5.41, 5.74) is 16.0. The average Bonchev–Trinajstić information content (AvgIpc) is 4.08. The highest BCUT2D eigenvalue weighted by Gasteiger charge is 2.39. The van der Waals surface area contributed by atoms with Crippen molar-refractivity contribution in [2.45, 2.75) is 19.3 Å². The summed E-state index contributed by atoms with van der Waals surface area (Å²) in [4.78, 5) is 4.59. The molecule has 1 aliphatic carbocycles. The van der Waals surface area contributed by atoms with Crippen molar-refractivity contribution >= 4 is 97.9 Å². The minimum Gasteiger partial charge on any atom is -0.454 e. The van der Waals surface area contributed by atoms with E-state index in [0.717, 1.165) is 55.2 Å². The van der Waals surface area contributed by atoms with E-state index in [0.29, 0.717) is 0 Å². The lowest BCUT2D eigenvalue weighted by molar-refractivity contribution is 0.661. The normalized spacial score (nSPS) is 13.4. The Morgan fingerprint density at radius 2 is 1.03 bits per heavy atom. The fourth-order valence-electron chi connectivity index (χ4n) is 12.0. The summed E-state index contributed by atoms with van der Waals surface area (Å²) in [5, 5.41) is 14.7. The molecule has 0 N–H and O–H groups in total. The molecule has 10 aromatic carbocycles.